The van der Waals surface area contributed by atoms with Gasteiger partial charge in [0.15, 0.2) is 6.10 Å². The van der Waals surface area contributed by atoms with E-state index in [4.69, 9.17) is 20.9 Å². The summed E-state index contributed by atoms with van der Waals surface area (Å²) in [6.45, 7) is 1.96. The summed E-state index contributed by atoms with van der Waals surface area (Å²) in [5.74, 6) is 1.39. The molecule has 30 heavy (non-hydrogen) atoms. The minimum absolute atomic E-state index is 0.154. The van der Waals surface area contributed by atoms with Crippen LogP contribution in [0.5, 0.6) is 5.75 Å². The monoisotopic (exact) mass is 425 g/mol. The first-order chi connectivity index (χ1) is 14.5. The lowest BCUT2D eigenvalue weighted by molar-refractivity contribution is -0.137. The van der Waals surface area contributed by atoms with E-state index in [0.29, 0.717) is 16.7 Å². The van der Waals surface area contributed by atoms with Crippen LogP contribution in [0.15, 0.2) is 47.0 Å². The van der Waals surface area contributed by atoms with Gasteiger partial charge in [0.2, 0.25) is 11.7 Å². The molecule has 1 aliphatic carbocycles. The van der Waals surface area contributed by atoms with E-state index < -0.39 is 6.10 Å². The first-order valence-electron chi connectivity index (χ1n) is 10.1. The van der Waals surface area contributed by atoms with Crippen molar-refractivity contribution in [2.75, 3.05) is 7.05 Å². The second-order valence-electron chi connectivity index (χ2n) is 7.61. The Morgan fingerprint density at radius 1 is 1.17 bits per heavy atom. The van der Waals surface area contributed by atoms with Gasteiger partial charge in [0, 0.05) is 17.6 Å². The van der Waals surface area contributed by atoms with Crippen molar-refractivity contribution >= 4 is 17.5 Å². The number of aromatic nitrogens is 2. The lowest BCUT2D eigenvalue weighted by atomic mass is 9.92. The Morgan fingerprint density at radius 2 is 1.90 bits per heavy atom. The minimum atomic E-state index is -0.615. The van der Waals surface area contributed by atoms with Crippen molar-refractivity contribution in [3.05, 3.63) is 64.5 Å². The van der Waals surface area contributed by atoms with Crippen LogP contribution in [-0.4, -0.2) is 34.1 Å². The Kier molecular flexibility index (Phi) is 6.04. The second kappa shape index (κ2) is 8.88. The van der Waals surface area contributed by atoms with E-state index >= 15 is 0 Å². The van der Waals surface area contributed by atoms with Crippen molar-refractivity contribution < 1.29 is 14.1 Å². The first kappa shape index (κ1) is 20.4. The van der Waals surface area contributed by atoms with Gasteiger partial charge in [0.25, 0.3) is 5.91 Å². The number of nitrogens with zero attached hydrogens (tertiary/aromatic N) is 3. The van der Waals surface area contributed by atoms with Gasteiger partial charge in [0.1, 0.15) is 5.75 Å². The molecule has 7 heteroatoms. The Morgan fingerprint density at radius 3 is 2.67 bits per heavy atom. The van der Waals surface area contributed by atoms with E-state index in [9.17, 15) is 4.79 Å². The highest BCUT2D eigenvalue weighted by atomic mass is 35.5. The van der Waals surface area contributed by atoms with Gasteiger partial charge in [-0.2, -0.15) is 4.98 Å². The van der Waals surface area contributed by atoms with Crippen LogP contribution in [0.1, 0.15) is 36.8 Å². The van der Waals surface area contributed by atoms with Gasteiger partial charge in [-0.15, -0.1) is 0 Å². The summed E-state index contributed by atoms with van der Waals surface area (Å²) >= 11 is 5.91. The number of carbonyl (C=O) groups is 1. The molecule has 156 valence electrons. The molecule has 1 amide bonds. The molecule has 0 unspecified atom stereocenters. The summed E-state index contributed by atoms with van der Waals surface area (Å²) in [5, 5.41) is 4.62. The van der Waals surface area contributed by atoms with Gasteiger partial charge in [-0.05, 0) is 80.1 Å². The highest BCUT2D eigenvalue weighted by molar-refractivity contribution is 6.30. The summed E-state index contributed by atoms with van der Waals surface area (Å²) in [6.07, 6.45) is 4.02. The minimum Gasteiger partial charge on any atom is -0.481 e. The standard InChI is InChI=1S/C23H24ClN3O3/c1-15(29-20-12-9-16-5-3-4-6-18(16)13-20)23(28)27(2)14-21-25-22(26-30-21)17-7-10-19(24)11-8-17/h7-13,15H,3-6,14H2,1-2H3/t15-/m1/s1. The molecular formula is C23H24ClN3O3. The predicted octanol–water partition coefficient (Wildman–Crippen LogP) is 4.69. The van der Waals surface area contributed by atoms with Gasteiger partial charge in [-0.1, -0.05) is 22.8 Å². The van der Waals surface area contributed by atoms with Crippen LogP contribution in [0.2, 0.25) is 5.02 Å². The number of amides is 1. The fourth-order valence-corrected chi connectivity index (χ4v) is 3.79. The average molecular weight is 426 g/mol. The maximum atomic E-state index is 12.8. The summed E-state index contributed by atoms with van der Waals surface area (Å²) in [6, 6.07) is 13.3. The third-order valence-electron chi connectivity index (χ3n) is 5.30. The number of hydrogen-bond donors (Lipinski definition) is 0. The van der Waals surface area contributed by atoms with E-state index in [1.807, 2.05) is 18.2 Å². The van der Waals surface area contributed by atoms with Crippen molar-refractivity contribution in [3.8, 4) is 17.1 Å². The number of fused-ring (bicyclic) bond motifs is 1. The summed E-state index contributed by atoms with van der Waals surface area (Å²) < 4.78 is 11.2. The molecule has 1 heterocycles. The molecule has 0 saturated heterocycles. The van der Waals surface area contributed by atoms with Crippen LogP contribution in [-0.2, 0) is 24.2 Å². The fourth-order valence-electron chi connectivity index (χ4n) is 3.66. The highest BCUT2D eigenvalue weighted by Gasteiger charge is 2.22. The molecule has 0 aliphatic heterocycles. The average Bonchev–Trinajstić information content (AvgIpc) is 3.22. The van der Waals surface area contributed by atoms with Crippen LogP contribution in [0, 0.1) is 0 Å². The molecule has 0 radical (unpaired) electrons. The maximum Gasteiger partial charge on any atom is 0.263 e. The molecular weight excluding hydrogens is 402 g/mol. The zero-order valence-corrected chi connectivity index (χ0v) is 17.9. The van der Waals surface area contributed by atoms with Crippen LogP contribution >= 0.6 is 11.6 Å². The third-order valence-corrected chi connectivity index (χ3v) is 5.55. The van der Waals surface area contributed by atoms with Crippen LogP contribution < -0.4 is 4.74 Å². The Labute approximate surface area is 180 Å². The van der Waals surface area contributed by atoms with Gasteiger partial charge in [0.05, 0.1) is 6.54 Å². The molecule has 0 fully saturated rings. The molecule has 2 aromatic carbocycles. The van der Waals surface area contributed by atoms with E-state index in [1.165, 1.54) is 28.9 Å². The second-order valence-corrected chi connectivity index (χ2v) is 8.05. The molecule has 4 rings (SSSR count). The number of halogens is 1. The van der Waals surface area contributed by atoms with E-state index in [0.717, 1.165) is 24.2 Å². The van der Waals surface area contributed by atoms with Gasteiger partial charge in [-0.3, -0.25) is 4.79 Å². The molecule has 0 saturated carbocycles. The third kappa shape index (κ3) is 4.65. The smallest absolute Gasteiger partial charge is 0.263 e. The maximum absolute atomic E-state index is 12.8. The molecule has 1 aromatic heterocycles. The van der Waals surface area contributed by atoms with E-state index in [1.54, 1.807) is 26.1 Å². The number of carbonyl (C=O) groups excluding carboxylic acids is 1. The van der Waals surface area contributed by atoms with Gasteiger partial charge < -0.3 is 14.2 Å². The summed E-state index contributed by atoms with van der Waals surface area (Å²) in [4.78, 5) is 18.6. The zero-order valence-electron chi connectivity index (χ0n) is 17.1. The topological polar surface area (TPSA) is 68.5 Å². The summed E-state index contributed by atoms with van der Waals surface area (Å²) in [5.41, 5.74) is 3.51. The van der Waals surface area contributed by atoms with Crippen LogP contribution in [0.4, 0.5) is 0 Å². The van der Waals surface area contributed by atoms with Crippen molar-refractivity contribution in [2.45, 2.75) is 45.3 Å². The molecule has 3 aromatic rings. The van der Waals surface area contributed by atoms with Crippen molar-refractivity contribution in [1.82, 2.24) is 15.0 Å². The predicted molar refractivity (Wildman–Crippen MR) is 114 cm³/mol. The van der Waals surface area contributed by atoms with Gasteiger partial charge >= 0.3 is 0 Å². The number of aryl methyl sites for hydroxylation is 2. The number of likely N-dealkylation sites (N-methyl/N-ethyl adjacent to an activating group) is 1. The quantitative estimate of drug-likeness (QED) is 0.572. The van der Waals surface area contributed by atoms with Crippen molar-refractivity contribution in [1.29, 1.82) is 0 Å². The Bertz CT molecular complexity index is 1030. The number of benzene rings is 2. The van der Waals surface area contributed by atoms with E-state index in [-0.39, 0.29) is 12.5 Å². The molecule has 0 spiro atoms. The molecule has 0 bridgehead atoms. The zero-order chi connectivity index (χ0) is 21.1. The van der Waals surface area contributed by atoms with Gasteiger partial charge in [-0.25, -0.2) is 0 Å². The molecule has 1 atom stereocenters. The number of ether oxygens (including phenoxy) is 1. The first-order valence-corrected chi connectivity index (χ1v) is 10.5. The summed E-state index contributed by atoms with van der Waals surface area (Å²) in [7, 11) is 1.70. The van der Waals surface area contributed by atoms with Crippen LogP contribution in [0.25, 0.3) is 11.4 Å². The lowest BCUT2D eigenvalue weighted by Gasteiger charge is -2.22. The van der Waals surface area contributed by atoms with Crippen LogP contribution in [0.3, 0.4) is 0 Å². The molecule has 0 N–H and O–H groups in total. The largest absolute Gasteiger partial charge is 0.481 e. The van der Waals surface area contributed by atoms with Crippen molar-refractivity contribution in [2.24, 2.45) is 0 Å². The Hall–Kier alpha value is -2.86. The Balaban J connectivity index is 1.37. The highest BCUT2D eigenvalue weighted by Crippen LogP contribution is 2.26. The molecule has 6 nitrogen and oxygen atoms in total. The van der Waals surface area contributed by atoms with Crippen molar-refractivity contribution in [3.63, 3.8) is 0 Å². The number of hydrogen-bond acceptors (Lipinski definition) is 5. The SMILES string of the molecule is C[C@@H](Oc1ccc2c(c1)CCCC2)C(=O)N(C)Cc1nc(-c2ccc(Cl)cc2)no1. The van der Waals surface area contributed by atoms with E-state index in [2.05, 4.69) is 22.3 Å². The number of rotatable bonds is 6. The fraction of sp³-hybridized carbons (Fsp3) is 0.348. The molecule has 1 aliphatic rings. The normalized spacial score (nSPS) is 14.1. The lowest BCUT2D eigenvalue weighted by Crippen LogP contribution is -2.37.